The lowest BCUT2D eigenvalue weighted by Gasteiger charge is -2.18. The molecule has 0 aliphatic heterocycles. The van der Waals surface area contributed by atoms with Gasteiger partial charge in [-0.25, -0.2) is 4.39 Å². The Hall–Kier alpha value is -3.68. The molecule has 0 saturated heterocycles. The Bertz CT molecular complexity index is 1050. The molecule has 1 heterocycles. The van der Waals surface area contributed by atoms with E-state index in [0.717, 1.165) is 4.68 Å². The molecule has 150 valence electrons. The first-order valence-electron chi connectivity index (χ1n) is 8.98. The molecule has 3 aromatic rings. The lowest BCUT2D eigenvalue weighted by Crippen LogP contribution is -2.33. The molecule has 0 unspecified atom stereocenters. The number of amides is 1. The Morgan fingerprint density at radius 3 is 2.55 bits per heavy atom. The van der Waals surface area contributed by atoms with Crippen molar-refractivity contribution in [2.24, 2.45) is 0 Å². The molecule has 0 aliphatic carbocycles. The standard InChI is InChI=1S/C21H20FN3O4/c1-3-17(21(27)23-16-6-4-5-7-18(16)28-2)29-19-12-13-20(26)25(24-19)15-10-8-14(22)9-11-15/h4-13,17H,3H2,1-2H3,(H,23,27)/t17-/m1/s1. The van der Waals surface area contributed by atoms with E-state index in [9.17, 15) is 14.0 Å². The van der Waals surface area contributed by atoms with Crippen LogP contribution in [0.15, 0.2) is 65.5 Å². The summed E-state index contributed by atoms with van der Waals surface area (Å²) in [4.78, 5) is 24.8. The summed E-state index contributed by atoms with van der Waals surface area (Å²) in [6.07, 6.45) is -0.468. The van der Waals surface area contributed by atoms with E-state index in [1.807, 2.05) is 0 Å². The maximum Gasteiger partial charge on any atom is 0.271 e. The summed E-state index contributed by atoms with van der Waals surface area (Å²) >= 11 is 0. The van der Waals surface area contributed by atoms with Crippen LogP contribution in [0.25, 0.3) is 5.69 Å². The average molecular weight is 397 g/mol. The smallest absolute Gasteiger partial charge is 0.271 e. The van der Waals surface area contributed by atoms with Crippen LogP contribution in [0, 0.1) is 5.82 Å². The largest absolute Gasteiger partial charge is 0.495 e. The summed E-state index contributed by atoms with van der Waals surface area (Å²) in [7, 11) is 1.52. The fourth-order valence-electron chi connectivity index (χ4n) is 2.65. The number of nitrogens with zero attached hydrogens (tertiary/aromatic N) is 2. The highest BCUT2D eigenvalue weighted by Gasteiger charge is 2.21. The summed E-state index contributed by atoms with van der Waals surface area (Å²) in [5, 5.41) is 6.91. The van der Waals surface area contributed by atoms with Crippen molar-refractivity contribution >= 4 is 11.6 Å². The van der Waals surface area contributed by atoms with Crippen molar-refractivity contribution < 1.29 is 18.7 Å². The minimum absolute atomic E-state index is 0.0935. The number of carbonyl (C=O) groups is 1. The van der Waals surface area contributed by atoms with Crippen LogP contribution in [0.3, 0.4) is 0 Å². The minimum atomic E-state index is -0.841. The zero-order valence-corrected chi connectivity index (χ0v) is 16.0. The zero-order chi connectivity index (χ0) is 20.8. The van der Waals surface area contributed by atoms with Crippen molar-refractivity contribution in [2.45, 2.75) is 19.4 Å². The van der Waals surface area contributed by atoms with Crippen LogP contribution in [0.5, 0.6) is 11.6 Å². The molecule has 0 saturated carbocycles. The highest BCUT2D eigenvalue weighted by molar-refractivity contribution is 5.95. The van der Waals surface area contributed by atoms with Crippen LogP contribution in [0.4, 0.5) is 10.1 Å². The predicted molar refractivity (Wildman–Crippen MR) is 106 cm³/mol. The van der Waals surface area contributed by atoms with Gasteiger partial charge in [-0.3, -0.25) is 9.59 Å². The van der Waals surface area contributed by atoms with Crippen LogP contribution in [-0.2, 0) is 4.79 Å². The molecule has 0 bridgehead atoms. The SMILES string of the molecule is CC[C@@H](Oc1ccc(=O)n(-c2ccc(F)cc2)n1)C(=O)Nc1ccccc1OC. The van der Waals surface area contributed by atoms with E-state index in [1.54, 1.807) is 31.2 Å². The number of methoxy groups -OCH3 is 1. The summed E-state index contributed by atoms with van der Waals surface area (Å²) in [6.45, 7) is 1.79. The summed E-state index contributed by atoms with van der Waals surface area (Å²) < 4.78 is 25.2. The van der Waals surface area contributed by atoms with Crippen molar-refractivity contribution in [3.63, 3.8) is 0 Å². The molecule has 1 aromatic heterocycles. The normalized spacial score (nSPS) is 11.6. The van der Waals surface area contributed by atoms with Gasteiger partial charge < -0.3 is 14.8 Å². The lowest BCUT2D eigenvalue weighted by atomic mass is 10.2. The molecule has 29 heavy (non-hydrogen) atoms. The zero-order valence-electron chi connectivity index (χ0n) is 16.0. The molecule has 1 N–H and O–H groups in total. The number of benzene rings is 2. The number of nitrogens with one attached hydrogen (secondary N) is 1. The molecule has 1 amide bonds. The highest BCUT2D eigenvalue weighted by atomic mass is 19.1. The van der Waals surface area contributed by atoms with E-state index >= 15 is 0 Å². The molecule has 0 aliphatic rings. The molecular formula is C21H20FN3O4. The van der Waals surface area contributed by atoms with Crippen molar-refractivity contribution in [3.8, 4) is 17.3 Å². The van der Waals surface area contributed by atoms with Crippen LogP contribution in [0.1, 0.15) is 13.3 Å². The molecule has 2 aromatic carbocycles. The number of hydrogen-bond donors (Lipinski definition) is 1. The van der Waals surface area contributed by atoms with Gasteiger partial charge in [-0.1, -0.05) is 19.1 Å². The number of carbonyl (C=O) groups excluding carboxylic acids is 1. The summed E-state index contributed by atoms with van der Waals surface area (Å²) in [6, 6.07) is 15.0. The van der Waals surface area contributed by atoms with Gasteiger partial charge in [0.1, 0.15) is 11.6 Å². The van der Waals surface area contributed by atoms with E-state index in [2.05, 4.69) is 10.4 Å². The number of para-hydroxylation sites is 2. The second kappa shape index (κ2) is 9.01. The van der Waals surface area contributed by atoms with E-state index in [-0.39, 0.29) is 11.8 Å². The van der Waals surface area contributed by atoms with Crippen molar-refractivity contribution in [1.29, 1.82) is 0 Å². The summed E-state index contributed by atoms with van der Waals surface area (Å²) in [5.41, 5.74) is 0.496. The van der Waals surface area contributed by atoms with Gasteiger partial charge in [0.05, 0.1) is 18.5 Å². The Balaban J connectivity index is 1.80. The fraction of sp³-hybridized carbons (Fsp3) is 0.190. The van der Waals surface area contributed by atoms with Gasteiger partial charge in [-0.15, -0.1) is 5.10 Å². The topological polar surface area (TPSA) is 82.5 Å². The van der Waals surface area contributed by atoms with Crippen LogP contribution in [0.2, 0.25) is 0 Å². The molecule has 1 atom stereocenters. The van der Waals surface area contributed by atoms with Crippen molar-refractivity contribution in [2.75, 3.05) is 12.4 Å². The van der Waals surface area contributed by atoms with Gasteiger partial charge >= 0.3 is 0 Å². The number of anilines is 1. The summed E-state index contributed by atoms with van der Waals surface area (Å²) in [5.74, 6) is -0.179. The fourth-order valence-corrected chi connectivity index (χ4v) is 2.65. The Labute approximate surface area is 166 Å². The van der Waals surface area contributed by atoms with Gasteiger partial charge in [0.25, 0.3) is 11.5 Å². The maximum atomic E-state index is 13.1. The Morgan fingerprint density at radius 1 is 1.14 bits per heavy atom. The Morgan fingerprint density at radius 2 is 1.86 bits per heavy atom. The van der Waals surface area contributed by atoms with E-state index < -0.39 is 17.5 Å². The van der Waals surface area contributed by atoms with Crippen LogP contribution in [-0.4, -0.2) is 28.9 Å². The van der Waals surface area contributed by atoms with Gasteiger partial charge in [0.15, 0.2) is 6.10 Å². The van der Waals surface area contributed by atoms with Gasteiger partial charge in [0.2, 0.25) is 5.88 Å². The van der Waals surface area contributed by atoms with Crippen LogP contribution < -0.4 is 20.3 Å². The van der Waals surface area contributed by atoms with E-state index in [4.69, 9.17) is 9.47 Å². The van der Waals surface area contributed by atoms with E-state index in [0.29, 0.717) is 23.5 Å². The van der Waals surface area contributed by atoms with Crippen molar-refractivity contribution in [1.82, 2.24) is 9.78 Å². The lowest BCUT2D eigenvalue weighted by molar-refractivity contribution is -0.123. The second-order valence-electron chi connectivity index (χ2n) is 6.10. The monoisotopic (exact) mass is 397 g/mol. The minimum Gasteiger partial charge on any atom is -0.495 e. The number of halogens is 1. The van der Waals surface area contributed by atoms with E-state index in [1.165, 1.54) is 43.5 Å². The third-order valence-corrected chi connectivity index (χ3v) is 4.14. The van der Waals surface area contributed by atoms with Gasteiger partial charge in [-0.05, 0) is 42.8 Å². The highest BCUT2D eigenvalue weighted by Crippen LogP contribution is 2.23. The third-order valence-electron chi connectivity index (χ3n) is 4.14. The number of aromatic nitrogens is 2. The molecule has 3 rings (SSSR count). The second-order valence-corrected chi connectivity index (χ2v) is 6.10. The number of ether oxygens (including phenoxy) is 2. The molecule has 0 spiro atoms. The molecule has 0 radical (unpaired) electrons. The third kappa shape index (κ3) is 4.78. The molecular weight excluding hydrogens is 377 g/mol. The average Bonchev–Trinajstić information content (AvgIpc) is 2.74. The van der Waals surface area contributed by atoms with Gasteiger partial charge in [0, 0.05) is 12.1 Å². The number of rotatable bonds is 7. The quantitative estimate of drug-likeness (QED) is 0.662. The first-order chi connectivity index (χ1) is 14.0. The van der Waals surface area contributed by atoms with Crippen LogP contribution >= 0.6 is 0 Å². The first kappa shape index (κ1) is 20.1. The van der Waals surface area contributed by atoms with Crippen molar-refractivity contribution in [3.05, 3.63) is 76.8 Å². The molecule has 8 heteroatoms. The van der Waals surface area contributed by atoms with Gasteiger partial charge in [-0.2, -0.15) is 4.68 Å². The predicted octanol–water partition coefficient (Wildman–Crippen LogP) is 3.18. The Kier molecular flexibility index (Phi) is 6.23. The maximum absolute atomic E-state index is 13.1. The molecule has 0 fully saturated rings. The first-order valence-corrected chi connectivity index (χ1v) is 8.98. The number of hydrogen-bond acceptors (Lipinski definition) is 5. The molecule has 7 nitrogen and oxygen atoms in total.